The van der Waals surface area contributed by atoms with E-state index in [1.807, 2.05) is 0 Å². The number of alkyl halides is 2. The SMILES string of the molecule is O=S(=O)(Nc1ccc(OC(F)F)cc1)c1cc(Cl)sc1Cl. The third kappa shape index (κ3) is 4.19. The Morgan fingerprint density at radius 2 is 1.81 bits per heavy atom. The highest BCUT2D eigenvalue weighted by atomic mass is 35.5. The number of benzene rings is 1. The molecule has 0 spiro atoms. The van der Waals surface area contributed by atoms with E-state index in [0.717, 1.165) is 11.3 Å². The number of anilines is 1. The van der Waals surface area contributed by atoms with Crippen LogP contribution in [0.3, 0.4) is 0 Å². The lowest BCUT2D eigenvalue weighted by Crippen LogP contribution is -2.12. The summed E-state index contributed by atoms with van der Waals surface area (Å²) >= 11 is 12.4. The molecule has 2 rings (SSSR count). The lowest BCUT2D eigenvalue weighted by atomic mass is 10.3. The van der Waals surface area contributed by atoms with Crippen LogP contribution in [0.4, 0.5) is 14.5 Å². The van der Waals surface area contributed by atoms with Gasteiger partial charge in [0, 0.05) is 5.69 Å². The van der Waals surface area contributed by atoms with Crippen LogP contribution in [-0.4, -0.2) is 15.0 Å². The first-order chi connectivity index (χ1) is 9.78. The van der Waals surface area contributed by atoms with Gasteiger partial charge in [-0.25, -0.2) is 8.42 Å². The van der Waals surface area contributed by atoms with Gasteiger partial charge in [-0.3, -0.25) is 4.72 Å². The monoisotopic (exact) mass is 373 g/mol. The summed E-state index contributed by atoms with van der Waals surface area (Å²) < 4.78 is 54.9. The van der Waals surface area contributed by atoms with Crippen molar-refractivity contribution in [3.8, 4) is 5.75 Å². The number of halogens is 4. The number of rotatable bonds is 5. The van der Waals surface area contributed by atoms with E-state index in [2.05, 4.69) is 9.46 Å². The van der Waals surface area contributed by atoms with Crippen molar-refractivity contribution in [3.63, 3.8) is 0 Å². The molecule has 4 nitrogen and oxygen atoms in total. The van der Waals surface area contributed by atoms with Gasteiger partial charge in [-0.1, -0.05) is 23.2 Å². The molecule has 0 atom stereocenters. The van der Waals surface area contributed by atoms with Crippen LogP contribution in [0, 0.1) is 0 Å². The third-order valence-electron chi connectivity index (χ3n) is 2.25. The van der Waals surface area contributed by atoms with Gasteiger partial charge in [-0.05, 0) is 30.3 Å². The Hall–Kier alpha value is -1.09. The Labute approximate surface area is 133 Å². The van der Waals surface area contributed by atoms with E-state index in [9.17, 15) is 17.2 Å². The van der Waals surface area contributed by atoms with Gasteiger partial charge in [-0.2, -0.15) is 8.78 Å². The van der Waals surface area contributed by atoms with E-state index >= 15 is 0 Å². The summed E-state index contributed by atoms with van der Waals surface area (Å²) in [7, 11) is -3.90. The Bertz CT molecular complexity index is 732. The smallest absolute Gasteiger partial charge is 0.387 e. The van der Waals surface area contributed by atoms with Gasteiger partial charge < -0.3 is 4.74 Å². The normalized spacial score (nSPS) is 11.7. The Kier molecular flexibility index (Phi) is 4.92. The van der Waals surface area contributed by atoms with Crippen molar-refractivity contribution < 1.29 is 21.9 Å². The highest BCUT2D eigenvalue weighted by molar-refractivity contribution is 7.93. The van der Waals surface area contributed by atoms with Gasteiger partial charge in [0.1, 0.15) is 15.0 Å². The minimum Gasteiger partial charge on any atom is -0.435 e. The van der Waals surface area contributed by atoms with Gasteiger partial charge in [0.05, 0.1) is 4.34 Å². The number of thiophene rings is 1. The van der Waals surface area contributed by atoms with E-state index in [1.54, 1.807) is 0 Å². The fraction of sp³-hybridized carbons (Fsp3) is 0.0909. The first-order valence-electron chi connectivity index (χ1n) is 5.30. The van der Waals surface area contributed by atoms with Crippen LogP contribution < -0.4 is 9.46 Å². The molecule has 1 aromatic carbocycles. The molecule has 0 aliphatic heterocycles. The van der Waals surface area contributed by atoms with Crippen molar-refractivity contribution in [1.29, 1.82) is 0 Å². The van der Waals surface area contributed by atoms with E-state index in [-0.39, 0.29) is 25.0 Å². The molecule has 1 N–H and O–H groups in total. The summed E-state index contributed by atoms with van der Waals surface area (Å²) in [5.74, 6) is -0.0791. The largest absolute Gasteiger partial charge is 0.435 e. The first-order valence-corrected chi connectivity index (χ1v) is 8.36. The van der Waals surface area contributed by atoms with E-state index in [1.165, 1.54) is 30.3 Å². The molecule has 1 heterocycles. The lowest BCUT2D eigenvalue weighted by molar-refractivity contribution is -0.0498. The molecule has 0 saturated carbocycles. The number of sulfonamides is 1. The molecule has 10 heteroatoms. The number of hydrogen-bond acceptors (Lipinski definition) is 4. The fourth-order valence-corrected chi connectivity index (χ4v) is 4.63. The lowest BCUT2D eigenvalue weighted by Gasteiger charge is -2.08. The van der Waals surface area contributed by atoms with Crippen LogP contribution in [-0.2, 0) is 10.0 Å². The summed E-state index contributed by atoms with van der Waals surface area (Å²) in [5.41, 5.74) is 0.176. The van der Waals surface area contributed by atoms with Crippen molar-refractivity contribution in [1.82, 2.24) is 0 Å². The van der Waals surface area contributed by atoms with Crippen molar-refractivity contribution in [2.75, 3.05) is 4.72 Å². The van der Waals surface area contributed by atoms with Crippen molar-refractivity contribution in [2.45, 2.75) is 11.5 Å². The maximum atomic E-state index is 12.1. The average Bonchev–Trinajstić information content (AvgIpc) is 2.71. The van der Waals surface area contributed by atoms with Gasteiger partial charge in [0.2, 0.25) is 0 Å². The van der Waals surface area contributed by atoms with E-state index in [4.69, 9.17) is 23.2 Å². The minimum absolute atomic E-state index is 0.0325. The average molecular weight is 374 g/mol. The Morgan fingerprint density at radius 1 is 1.19 bits per heavy atom. The molecule has 21 heavy (non-hydrogen) atoms. The topological polar surface area (TPSA) is 55.4 Å². The number of hydrogen-bond donors (Lipinski definition) is 1. The molecular formula is C11H7Cl2F2NO3S2. The molecule has 0 amide bonds. The molecule has 0 radical (unpaired) electrons. The van der Waals surface area contributed by atoms with Crippen molar-refractivity contribution in [3.05, 3.63) is 39.0 Å². The molecule has 0 unspecified atom stereocenters. The molecule has 0 bridgehead atoms. The molecule has 1 aromatic heterocycles. The maximum Gasteiger partial charge on any atom is 0.387 e. The van der Waals surface area contributed by atoms with Crippen molar-refractivity contribution >= 4 is 50.2 Å². The molecule has 0 fully saturated rings. The standard InChI is InChI=1S/C11H7Cl2F2NO3S2/c12-9-5-8(10(13)20-9)21(17,18)16-6-1-3-7(4-2-6)19-11(14)15/h1-5,11,16H. The molecule has 2 aromatic rings. The van der Waals surface area contributed by atoms with Crippen molar-refractivity contribution in [2.24, 2.45) is 0 Å². The van der Waals surface area contributed by atoms with Gasteiger partial charge in [0.15, 0.2) is 0 Å². The predicted octanol–water partition coefficient (Wildman–Crippen LogP) is 4.46. The van der Waals surface area contributed by atoms with Gasteiger partial charge in [-0.15, -0.1) is 11.3 Å². The molecule has 0 aliphatic carbocycles. The second-order valence-electron chi connectivity index (χ2n) is 3.70. The van der Waals surface area contributed by atoms with Gasteiger partial charge in [0.25, 0.3) is 10.0 Å². The summed E-state index contributed by atoms with van der Waals surface area (Å²) in [6.07, 6.45) is 0. The fourth-order valence-electron chi connectivity index (χ4n) is 1.42. The van der Waals surface area contributed by atoms with E-state index < -0.39 is 16.6 Å². The molecule has 114 valence electrons. The zero-order chi connectivity index (χ0) is 15.6. The Morgan fingerprint density at radius 3 is 2.29 bits per heavy atom. The van der Waals surface area contributed by atoms with Crippen LogP contribution in [0.15, 0.2) is 35.2 Å². The zero-order valence-corrected chi connectivity index (χ0v) is 13.2. The highest BCUT2D eigenvalue weighted by Crippen LogP contribution is 2.35. The predicted molar refractivity (Wildman–Crippen MR) is 78.2 cm³/mol. The second-order valence-corrected chi connectivity index (χ2v) is 7.63. The summed E-state index contributed by atoms with van der Waals surface area (Å²) in [6, 6.07) is 6.23. The third-order valence-corrected chi connectivity index (χ3v) is 5.38. The van der Waals surface area contributed by atoms with Crippen LogP contribution in [0.1, 0.15) is 0 Å². The van der Waals surface area contributed by atoms with E-state index in [0.29, 0.717) is 0 Å². The quantitative estimate of drug-likeness (QED) is 0.841. The first kappa shape index (κ1) is 16.3. The summed E-state index contributed by atoms with van der Waals surface area (Å²) in [5, 5.41) is 0. The number of ether oxygens (including phenoxy) is 1. The Balaban J connectivity index is 2.19. The minimum atomic E-state index is -3.90. The van der Waals surface area contributed by atoms with Gasteiger partial charge >= 0.3 is 6.61 Å². The molecular weight excluding hydrogens is 367 g/mol. The van der Waals surface area contributed by atoms with Crippen LogP contribution in [0.5, 0.6) is 5.75 Å². The molecule has 0 saturated heterocycles. The van der Waals surface area contributed by atoms with Crippen LogP contribution >= 0.6 is 34.5 Å². The van der Waals surface area contributed by atoms with Crippen LogP contribution in [0.25, 0.3) is 0 Å². The second kappa shape index (κ2) is 6.35. The highest BCUT2D eigenvalue weighted by Gasteiger charge is 2.21. The van der Waals surface area contributed by atoms with Crippen LogP contribution in [0.2, 0.25) is 8.67 Å². The maximum absolute atomic E-state index is 12.1. The number of nitrogens with one attached hydrogen (secondary N) is 1. The zero-order valence-electron chi connectivity index (χ0n) is 10.0. The summed E-state index contributed by atoms with van der Waals surface area (Å²) in [6.45, 7) is -2.95. The molecule has 0 aliphatic rings. The summed E-state index contributed by atoms with van der Waals surface area (Å²) in [4.78, 5) is -0.146.